The number of pyridine rings is 2. The van der Waals surface area contributed by atoms with Crippen LogP contribution in [0.5, 0.6) is 0 Å². The van der Waals surface area contributed by atoms with Crippen LogP contribution in [0.25, 0.3) is 16.6 Å². The van der Waals surface area contributed by atoms with E-state index in [1.165, 1.54) is 23.6 Å². The third-order valence-electron chi connectivity index (χ3n) is 4.50. The number of unbranched alkanes of at least 4 members (excludes halogenated alkanes) is 1. The molecule has 0 unspecified atom stereocenters. The lowest BCUT2D eigenvalue weighted by Crippen LogP contribution is -2.00. The van der Waals surface area contributed by atoms with Crippen LogP contribution in [-0.4, -0.2) is 24.9 Å². The SMILES string of the molecule is CCCC.Cc1ccc2cnc(Nc3ccc(-n4ccc(CO)n4)cc3F)cc2n1. The van der Waals surface area contributed by atoms with Gasteiger partial charge in [-0.15, -0.1) is 0 Å². The number of rotatable bonds is 5. The van der Waals surface area contributed by atoms with E-state index in [0.29, 0.717) is 22.9 Å². The molecular formula is C23H26FN5O. The lowest BCUT2D eigenvalue weighted by molar-refractivity contribution is 0.276. The van der Waals surface area contributed by atoms with Crippen molar-refractivity contribution in [1.29, 1.82) is 0 Å². The molecule has 6 nitrogen and oxygen atoms in total. The average Bonchev–Trinajstić information content (AvgIpc) is 3.24. The molecule has 0 saturated carbocycles. The molecule has 1 aromatic carbocycles. The summed E-state index contributed by atoms with van der Waals surface area (Å²) in [6.07, 6.45) is 6.02. The van der Waals surface area contributed by atoms with Crippen LogP contribution in [-0.2, 0) is 6.61 Å². The van der Waals surface area contributed by atoms with Crippen molar-refractivity contribution in [3.05, 3.63) is 72.1 Å². The molecule has 0 radical (unpaired) electrons. The summed E-state index contributed by atoms with van der Waals surface area (Å²) in [4.78, 5) is 8.76. The molecule has 0 saturated heterocycles. The van der Waals surface area contributed by atoms with Crippen molar-refractivity contribution in [2.75, 3.05) is 5.32 Å². The molecule has 4 rings (SSSR count). The van der Waals surface area contributed by atoms with Crippen LogP contribution in [0.3, 0.4) is 0 Å². The van der Waals surface area contributed by atoms with Gasteiger partial charge in [-0.25, -0.2) is 14.1 Å². The van der Waals surface area contributed by atoms with Gasteiger partial charge in [0, 0.05) is 35.6 Å². The topological polar surface area (TPSA) is 75.9 Å². The first-order valence-electron chi connectivity index (χ1n) is 9.99. The molecule has 0 fully saturated rings. The van der Waals surface area contributed by atoms with Gasteiger partial charge in [0.2, 0.25) is 0 Å². The molecule has 156 valence electrons. The summed E-state index contributed by atoms with van der Waals surface area (Å²) in [5.74, 6) is 0.0894. The minimum absolute atomic E-state index is 0.156. The predicted molar refractivity (Wildman–Crippen MR) is 118 cm³/mol. The van der Waals surface area contributed by atoms with Crippen LogP contribution in [0.4, 0.5) is 15.9 Å². The Bertz CT molecular complexity index is 1120. The number of fused-ring (bicyclic) bond motifs is 1. The van der Waals surface area contributed by atoms with Gasteiger partial charge >= 0.3 is 0 Å². The number of aliphatic hydroxyl groups is 1. The Balaban J connectivity index is 0.000000589. The van der Waals surface area contributed by atoms with Crippen molar-refractivity contribution >= 4 is 22.4 Å². The highest BCUT2D eigenvalue weighted by Crippen LogP contribution is 2.23. The summed E-state index contributed by atoms with van der Waals surface area (Å²) >= 11 is 0. The minimum Gasteiger partial charge on any atom is -0.390 e. The molecule has 0 bridgehead atoms. The number of hydrogen-bond acceptors (Lipinski definition) is 5. The summed E-state index contributed by atoms with van der Waals surface area (Å²) in [6.45, 7) is 6.12. The van der Waals surface area contributed by atoms with Gasteiger partial charge in [-0.2, -0.15) is 5.10 Å². The van der Waals surface area contributed by atoms with Crippen molar-refractivity contribution in [3.8, 4) is 5.69 Å². The van der Waals surface area contributed by atoms with Gasteiger partial charge in [-0.1, -0.05) is 26.7 Å². The van der Waals surface area contributed by atoms with Crippen LogP contribution in [0.2, 0.25) is 0 Å². The maximum absolute atomic E-state index is 14.5. The summed E-state index contributed by atoms with van der Waals surface area (Å²) < 4.78 is 16.0. The van der Waals surface area contributed by atoms with Gasteiger partial charge < -0.3 is 10.4 Å². The summed E-state index contributed by atoms with van der Waals surface area (Å²) in [7, 11) is 0. The van der Waals surface area contributed by atoms with E-state index in [4.69, 9.17) is 5.11 Å². The van der Waals surface area contributed by atoms with Crippen molar-refractivity contribution in [3.63, 3.8) is 0 Å². The molecule has 4 aromatic rings. The van der Waals surface area contributed by atoms with Gasteiger partial charge in [-0.3, -0.25) is 4.98 Å². The van der Waals surface area contributed by atoms with E-state index >= 15 is 0 Å². The second-order valence-corrected chi connectivity index (χ2v) is 6.91. The molecule has 0 amide bonds. The van der Waals surface area contributed by atoms with Crippen LogP contribution >= 0.6 is 0 Å². The van der Waals surface area contributed by atoms with Crippen LogP contribution in [0.1, 0.15) is 38.1 Å². The second-order valence-electron chi connectivity index (χ2n) is 6.91. The second kappa shape index (κ2) is 9.93. The number of anilines is 2. The van der Waals surface area contributed by atoms with Gasteiger partial charge in [0.05, 0.1) is 29.2 Å². The summed E-state index contributed by atoms with van der Waals surface area (Å²) in [6, 6.07) is 12.1. The number of nitrogens with one attached hydrogen (secondary N) is 1. The monoisotopic (exact) mass is 407 g/mol. The summed E-state index contributed by atoms with van der Waals surface area (Å²) in [5, 5.41) is 17.1. The number of hydrogen-bond donors (Lipinski definition) is 2. The van der Waals surface area contributed by atoms with Gasteiger partial charge in [0.25, 0.3) is 0 Å². The van der Waals surface area contributed by atoms with Crippen LogP contribution in [0, 0.1) is 12.7 Å². The van der Waals surface area contributed by atoms with E-state index in [2.05, 4.69) is 34.2 Å². The maximum Gasteiger partial charge on any atom is 0.148 e. The molecular weight excluding hydrogens is 381 g/mol. The zero-order valence-corrected chi connectivity index (χ0v) is 17.4. The zero-order chi connectivity index (χ0) is 21.5. The maximum atomic E-state index is 14.5. The molecule has 0 spiro atoms. The molecule has 3 aromatic heterocycles. The molecule has 0 atom stereocenters. The number of aliphatic hydroxyl groups excluding tert-OH is 1. The minimum atomic E-state index is -0.428. The van der Waals surface area contributed by atoms with Crippen LogP contribution in [0.15, 0.2) is 54.9 Å². The number of aryl methyl sites for hydroxylation is 1. The predicted octanol–water partition coefficient (Wildman–Crippen LogP) is 5.31. The molecule has 30 heavy (non-hydrogen) atoms. The first-order valence-corrected chi connectivity index (χ1v) is 9.99. The molecule has 0 aliphatic heterocycles. The average molecular weight is 407 g/mol. The first kappa shape index (κ1) is 21.4. The fraction of sp³-hybridized carbons (Fsp3) is 0.261. The highest BCUT2D eigenvalue weighted by molar-refractivity contribution is 5.81. The third kappa shape index (κ3) is 5.18. The number of nitrogens with zero attached hydrogens (tertiary/aromatic N) is 4. The van der Waals surface area contributed by atoms with Gasteiger partial charge in [0.15, 0.2) is 0 Å². The first-order chi connectivity index (χ1) is 14.5. The highest BCUT2D eigenvalue weighted by Gasteiger charge is 2.08. The van der Waals surface area contributed by atoms with Crippen molar-refractivity contribution in [1.82, 2.24) is 19.7 Å². The lowest BCUT2D eigenvalue weighted by Gasteiger charge is -2.09. The van der Waals surface area contributed by atoms with E-state index in [9.17, 15) is 4.39 Å². The Morgan fingerprint density at radius 1 is 1.07 bits per heavy atom. The standard InChI is InChI=1S/C19H16FN5O.C4H10/c1-12-2-3-13-10-21-19(9-18(13)22-12)23-17-5-4-15(8-16(17)20)25-7-6-14(11-26)24-25;1-3-4-2/h2-10,26H,11H2,1H3,(H,21,23);3-4H2,1-2H3. The third-order valence-corrected chi connectivity index (χ3v) is 4.50. The quantitative estimate of drug-likeness (QED) is 0.469. The van der Waals surface area contributed by atoms with Crippen molar-refractivity contribution in [2.45, 2.75) is 40.2 Å². The Labute approximate surface area is 175 Å². The number of halogens is 1. The largest absolute Gasteiger partial charge is 0.390 e. The fourth-order valence-corrected chi connectivity index (χ4v) is 2.66. The van der Waals surface area contributed by atoms with E-state index in [1.807, 2.05) is 19.1 Å². The molecule has 0 aliphatic rings. The Hall–Kier alpha value is -3.32. The van der Waals surface area contributed by atoms with Gasteiger partial charge in [-0.05, 0) is 37.3 Å². The van der Waals surface area contributed by atoms with E-state index < -0.39 is 5.82 Å². The van der Waals surface area contributed by atoms with E-state index in [-0.39, 0.29) is 6.61 Å². The molecule has 3 heterocycles. The normalized spacial score (nSPS) is 10.6. The number of benzene rings is 1. The molecule has 7 heteroatoms. The Morgan fingerprint density at radius 3 is 2.53 bits per heavy atom. The number of aromatic nitrogens is 4. The van der Waals surface area contributed by atoms with Gasteiger partial charge in [0.1, 0.15) is 11.6 Å². The molecule has 2 N–H and O–H groups in total. The van der Waals surface area contributed by atoms with E-state index in [1.54, 1.807) is 36.7 Å². The van der Waals surface area contributed by atoms with Crippen molar-refractivity contribution in [2.24, 2.45) is 0 Å². The van der Waals surface area contributed by atoms with Crippen molar-refractivity contribution < 1.29 is 9.50 Å². The molecule has 0 aliphatic carbocycles. The highest BCUT2D eigenvalue weighted by atomic mass is 19.1. The summed E-state index contributed by atoms with van der Waals surface area (Å²) in [5.41, 5.74) is 3.11. The Kier molecular flexibility index (Phi) is 7.08. The Morgan fingerprint density at radius 2 is 1.87 bits per heavy atom. The smallest absolute Gasteiger partial charge is 0.148 e. The lowest BCUT2D eigenvalue weighted by atomic mass is 10.2. The van der Waals surface area contributed by atoms with E-state index in [0.717, 1.165) is 16.6 Å². The van der Waals surface area contributed by atoms with Crippen LogP contribution < -0.4 is 5.32 Å². The fourth-order valence-electron chi connectivity index (χ4n) is 2.66. The zero-order valence-electron chi connectivity index (χ0n) is 17.4.